The van der Waals surface area contributed by atoms with E-state index in [2.05, 4.69) is 9.97 Å². The number of carboxylic acid groups (broad SMARTS) is 1. The number of carbonyl (C=O) groups is 1. The fourth-order valence-electron chi connectivity index (χ4n) is 1.57. The fraction of sp³-hybridized carbons (Fsp3) is 0.0833. The minimum atomic E-state index is -1.33. The molecule has 98 valence electrons. The lowest BCUT2D eigenvalue weighted by Gasteiger charge is -2.05. The number of rotatable bonds is 3. The van der Waals surface area contributed by atoms with E-state index >= 15 is 0 Å². The van der Waals surface area contributed by atoms with Crippen molar-refractivity contribution in [2.24, 2.45) is 0 Å². The second kappa shape index (κ2) is 5.19. The Bertz CT molecular complexity index is 679. The zero-order chi connectivity index (χ0) is 14.0. The first-order chi connectivity index (χ1) is 8.97. The van der Waals surface area contributed by atoms with E-state index in [4.69, 9.17) is 16.7 Å². The van der Waals surface area contributed by atoms with E-state index in [9.17, 15) is 14.0 Å². The first-order valence-corrected chi connectivity index (χ1v) is 5.61. The van der Waals surface area contributed by atoms with Crippen molar-refractivity contribution in [2.75, 3.05) is 0 Å². The number of benzene rings is 1. The molecule has 0 bridgehead atoms. The van der Waals surface area contributed by atoms with Crippen LogP contribution in [0.25, 0.3) is 0 Å². The number of hydrogen-bond acceptors (Lipinski definition) is 3. The largest absolute Gasteiger partial charge is 0.477 e. The molecule has 1 heterocycles. The van der Waals surface area contributed by atoms with Crippen LogP contribution in [0.4, 0.5) is 4.39 Å². The molecule has 0 radical (unpaired) electrons. The number of aromatic nitrogens is 2. The van der Waals surface area contributed by atoms with Crippen molar-refractivity contribution in [3.63, 3.8) is 0 Å². The van der Waals surface area contributed by atoms with Crippen molar-refractivity contribution in [1.29, 1.82) is 0 Å². The van der Waals surface area contributed by atoms with Crippen molar-refractivity contribution in [3.05, 3.63) is 62.5 Å². The van der Waals surface area contributed by atoms with E-state index in [1.807, 2.05) is 0 Å². The third-order valence-corrected chi connectivity index (χ3v) is 2.77. The van der Waals surface area contributed by atoms with Gasteiger partial charge in [0.05, 0.1) is 0 Å². The van der Waals surface area contributed by atoms with Crippen LogP contribution < -0.4 is 5.56 Å². The highest BCUT2D eigenvalue weighted by molar-refractivity contribution is 6.31. The molecule has 2 N–H and O–H groups in total. The van der Waals surface area contributed by atoms with Gasteiger partial charge in [-0.2, -0.15) is 0 Å². The van der Waals surface area contributed by atoms with Crippen molar-refractivity contribution in [2.45, 2.75) is 6.42 Å². The predicted molar refractivity (Wildman–Crippen MR) is 66.0 cm³/mol. The molecule has 1 aromatic heterocycles. The Morgan fingerprint density at radius 1 is 1.47 bits per heavy atom. The number of aromatic carboxylic acids is 1. The average molecular weight is 283 g/mol. The van der Waals surface area contributed by atoms with Gasteiger partial charge in [0.15, 0.2) is 5.69 Å². The smallest absolute Gasteiger partial charge is 0.354 e. The minimum absolute atomic E-state index is 0.0388. The summed E-state index contributed by atoms with van der Waals surface area (Å²) >= 11 is 5.85. The van der Waals surface area contributed by atoms with Gasteiger partial charge in [0.1, 0.15) is 11.6 Å². The molecule has 5 nitrogen and oxygen atoms in total. The molecule has 19 heavy (non-hydrogen) atoms. The van der Waals surface area contributed by atoms with Gasteiger partial charge in [-0.25, -0.2) is 14.2 Å². The first-order valence-electron chi connectivity index (χ1n) is 5.24. The average Bonchev–Trinajstić information content (AvgIpc) is 2.33. The molecule has 0 aliphatic heterocycles. The molecule has 2 rings (SSSR count). The van der Waals surface area contributed by atoms with Crippen molar-refractivity contribution in [3.8, 4) is 0 Å². The lowest BCUT2D eigenvalue weighted by Crippen LogP contribution is -2.16. The highest BCUT2D eigenvalue weighted by Crippen LogP contribution is 2.20. The first kappa shape index (κ1) is 13.2. The summed E-state index contributed by atoms with van der Waals surface area (Å²) in [6.07, 6.45) is -0.0954. The van der Waals surface area contributed by atoms with Crippen molar-refractivity contribution in [1.82, 2.24) is 9.97 Å². The molecular formula is C12H8ClFN2O3. The van der Waals surface area contributed by atoms with E-state index in [1.165, 1.54) is 18.2 Å². The van der Waals surface area contributed by atoms with E-state index in [-0.39, 0.29) is 22.8 Å². The lowest BCUT2D eigenvalue weighted by molar-refractivity contribution is 0.0689. The highest BCUT2D eigenvalue weighted by atomic mass is 35.5. The second-order valence-electron chi connectivity index (χ2n) is 3.76. The quantitative estimate of drug-likeness (QED) is 0.900. The Morgan fingerprint density at radius 3 is 2.84 bits per heavy atom. The Hall–Kier alpha value is -2.21. The standard InChI is InChI=1S/C12H8ClFN2O3/c13-7-2-1-3-8(14)6(7)4-10-15-9(12(18)19)5-11(17)16-10/h1-3,5H,4H2,(H,18,19)(H,15,16,17). The van der Waals surface area contributed by atoms with E-state index in [1.54, 1.807) is 0 Å². The number of carboxylic acids is 1. The summed E-state index contributed by atoms with van der Waals surface area (Å²) in [5.74, 6) is -1.83. The van der Waals surface area contributed by atoms with Crippen LogP contribution in [0.15, 0.2) is 29.1 Å². The molecule has 2 aromatic rings. The zero-order valence-corrected chi connectivity index (χ0v) is 10.2. The van der Waals surface area contributed by atoms with Gasteiger partial charge in [0.2, 0.25) is 0 Å². The maximum atomic E-state index is 13.6. The van der Waals surface area contributed by atoms with E-state index < -0.39 is 23.0 Å². The Balaban J connectivity index is 2.44. The van der Waals surface area contributed by atoms with Crippen LogP contribution in [-0.2, 0) is 6.42 Å². The molecule has 0 amide bonds. The number of aromatic amines is 1. The number of hydrogen-bond donors (Lipinski definition) is 2. The summed E-state index contributed by atoms with van der Waals surface area (Å²) in [5, 5.41) is 8.98. The molecule has 1 aromatic carbocycles. The Morgan fingerprint density at radius 2 is 2.21 bits per heavy atom. The summed E-state index contributed by atoms with van der Waals surface area (Å²) in [6, 6.07) is 5.03. The van der Waals surface area contributed by atoms with Crippen molar-refractivity contribution < 1.29 is 14.3 Å². The molecule has 0 spiro atoms. The molecular weight excluding hydrogens is 275 g/mol. The fourth-order valence-corrected chi connectivity index (χ4v) is 1.80. The van der Waals surface area contributed by atoms with Gasteiger partial charge in [-0.3, -0.25) is 4.79 Å². The number of halogens is 2. The van der Waals surface area contributed by atoms with Gasteiger partial charge >= 0.3 is 5.97 Å². The highest BCUT2D eigenvalue weighted by Gasteiger charge is 2.12. The summed E-state index contributed by atoms with van der Waals surface area (Å²) in [7, 11) is 0. The monoisotopic (exact) mass is 282 g/mol. The molecule has 0 saturated heterocycles. The maximum absolute atomic E-state index is 13.6. The van der Waals surface area contributed by atoms with Gasteiger partial charge < -0.3 is 10.1 Å². The predicted octanol–water partition coefficient (Wildman–Crippen LogP) is 1.85. The normalized spacial score (nSPS) is 10.4. The second-order valence-corrected chi connectivity index (χ2v) is 4.17. The van der Waals surface area contributed by atoms with Crippen LogP contribution in [0.3, 0.4) is 0 Å². The van der Waals surface area contributed by atoms with Gasteiger partial charge in [-0.1, -0.05) is 17.7 Å². The zero-order valence-electron chi connectivity index (χ0n) is 9.48. The molecule has 0 atom stereocenters. The SMILES string of the molecule is O=C(O)c1cc(=O)[nH]c(Cc2c(F)cccc2Cl)n1. The van der Waals surface area contributed by atoms with Crippen LogP contribution >= 0.6 is 11.6 Å². The summed E-state index contributed by atoms with van der Waals surface area (Å²) in [5.41, 5.74) is -0.865. The molecule has 0 saturated carbocycles. The molecule has 0 unspecified atom stereocenters. The Kier molecular flexibility index (Phi) is 3.62. The number of H-pyrrole nitrogens is 1. The van der Waals surface area contributed by atoms with Crippen LogP contribution in [0.1, 0.15) is 21.9 Å². The number of nitrogens with zero attached hydrogens (tertiary/aromatic N) is 1. The van der Waals surface area contributed by atoms with Gasteiger partial charge in [-0.05, 0) is 12.1 Å². The molecule has 0 fully saturated rings. The third-order valence-electron chi connectivity index (χ3n) is 2.42. The Labute approximate surface area is 111 Å². The summed E-state index contributed by atoms with van der Waals surface area (Å²) < 4.78 is 13.6. The van der Waals surface area contributed by atoms with Gasteiger partial charge in [0.25, 0.3) is 5.56 Å². The third kappa shape index (κ3) is 2.97. The van der Waals surface area contributed by atoms with Crippen LogP contribution in [0.5, 0.6) is 0 Å². The molecule has 0 aliphatic rings. The van der Waals surface area contributed by atoms with Crippen LogP contribution in [0.2, 0.25) is 5.02 Å². The summed E-state index contributed by atoms with van der Waals surface area (Å²) in [6.45, 7) is 0. The lowest BCUT2D eigenvalue weighted by atomic mass is 10.1. The van der Waals surface area contributed by atoms with E-state index in [0.717, 1.165) is 6.07 Å². The van der Waals surface area contributed by atoms with Crippen molar-refractivity contribution >= 4 is 17.6 Å². The van der Waals surface area contributed by atoms with Crippen LogP contribution in [-0.4, -0.2) is 21.0 Å². The van der Waals surface area contributed by atoms with Gasteiger partial charge in [0, 0.05) is 23.1 Å². The maximum Gasteiger partial charge on any atom is 0.354 e. The topological polar surface area (TPSA) is 83.0 Å². The van der Waals surface area contributed by atoms with E-state index in [0.29, 0.717) is 0 Å². The molecule has 7 heteroatoms. The molecule has 0 aliphatic carbocycles. The van der Waals surface area contributed by atoms with Gasteiger partial charge in [-0.15, -0.1) is 0 Å². The van der Waals surface area contributed by atoms with Crippen LogP contribution in [0, 0.1) is 5.82 Å². The summed E-state index contributed by atoms with van der Waals surface area (Å²) in [4.78, 5) is 28.1. The number of nitrogens with one attached hydrogen (secondary N) is 1. The minimum Gasteiger partial charge on any atom is -0.477 e.